The van der Waals surface area contributed by atoms with Crippen LogP contribution >= 0.6 is 0 Å². The van der Waals surface area contributed by atoms with Crippen molar-refractivity contribution in [2.45, 2.75) is 13.3 Å². The molecule has 0 aliphatic heterocycles. The van der Waals surface area contributed by atoms with Gasteiger partial charge in [-0.1, -0.05) is 0 Å². The van der Waals surface area contributed by atoms with Gasteiger partial charge in [0.15, 0.2) is 11.5 Å². The summed E-state index contributed by atoms with van der Waals surface area (Å²) >= 11 is 0. The van der Waals surface area contributed by atoms with Gasteiger partial charge in [-0.25, -0.2) is 0 Å². The van der Waals surface area contributed by atoms with Crippen LogP contribution in [0.1, 0.15) is 13.3 Å². The van der Waals surface area contributed by atoms with Crippen molar-refractivity contribution in [2.75, 3.05) is 39.3 Å². The number of benzene rings is 1. The fourth-order valence-electron chi connectivity index (χ4n) is 1.86. The minimum Gasteiger partial charge on any atom is -0.493 e. The fraction of sp³-hybridized carbons (Fsp3) is 0.412. The van der Waals surface area contributed by atoms with Gasteiger partial charge in [-0.05, 0) is 25.5 Å². The Morgan fingerprint density at radius 1 is 1.29 bits per heavy atom. The zero-order valence-electron chi connectivity index (χ0n) is 14.2. The number of nitrogens with zero attached hydrogens (tertiary/aromatic N) is 1. The first-order valence-corrected chi connectivity index (χ1v) is 7.61. The lowest BCUT2D eigenvalue weighted by molar-refractivity contribution is -0.112. The van der Waals surface area contributed by atoms with Crippen LogP contribution in [-0.2, 0) is 9.53 Å². The molecule has 24 heavy (non-hydrogen) atoms. The molecular formula is C17H23N3O4. The Morgan fingerprint density at radius 3 is 2.67 bits per heavy atom. The standard InChI is InChI=1S/C17H23N3O4/c1-4-24-9-5-8-19-12-13(11-18)17(21)20-14-6-7-15(22-2)16(10-14)23-3/h6-7,10,12,19H,4-5,8-9H2,1-3H3,(H,20,21)/b13-12-. The topological polar surface area (TPSA) is 92.6 Å². The van der Waals surface area contributed by atoms with E-state index in [1.165, 1.54) is 20.4 Å². The normalized spacial score (nSPS) is 10.7. The maximum Gasteiger partial charge on any atom is 0.267 e. The maximum atomic E-state index is 12.1. The smallest absolute Gasteiger partial charge is 0.267 e. The number of hydrogen-bond acceptors (Lipinski definition) is 6. The third-order valence-corrected chi connectivity index (χ3v) is 3.07. The highest BCUT2D eigenvalue weighted by Crippen LogP contribution is 2.29. The van der Waals surface area contributed by atoms with Crippen molar-refractivity contribution in [1.29, 1.82) is 5.26 Å². The van der Waals surface area contributed by atoms with Crippen LogP contribution in [-0.4, -0.2) is 39.9 Å². The third kappa shape index (κ3) is 6.18. The zero-order valence-corrected chi connectivity index (χ0v) is 14.2. The number of nitriles is 1. The van der Waals surface area contributed by atoms with Crippen LogP contribution in [0.2, 0.25) is 0 Å². The lowest BCUT2D eigenvalue weighted by Crippen LogP contribution is -2.17. The second-order valence-corrected chi connectivity index (χ2v) is 4.70. The molecule has 0 atom stereocenters. The van der Waals surface area contributed by atoms with E-state index in [2.05, 4.69) is 10.6 Å². The van der Waals surface area contributed by atoms with E-state index in [1.54, 1.807) is 18.2 Å². The number of nitrogens with one attached hydrogen (secondary N) is 2. The van der Waals surface area contributed by atoms with E-state index in [0.717, 1.165) is 6.42 Å². The fourth-order valence-corrected chi connectivity index (χ4v) is 1.86. The van der Waals surface area contributed by atoms with Crippen LogP contribution in [0.3, 0.4) is 0 Å². The first-order chi connectivity index (χ1) is 11.7. The molecule has 0 aromatic heterocycles. The molecule has 1 rings (SSSR count). The molecule has 1 amide bonds. The van der Waals surface area contributed by atoms with Crippen LogP contribution in [0.15, 0.2) is 30.0 Å². The maximum absolute atomic E-state index is 12.1. The van der Waals surface area contributed by atoms with Gasteiger partial charge in [0, 0.05) is 37.7 Å². The summed E-state index contributed by atoms with van der Waals surface area (Å²) in [5.41, 5.74) is 0.497. The first kappa shape index (κ1) is 19.3. The van der Waals surface area contributed by atoms with Gasteiger partial charge in [0.05, 0.1) is 14.2 Å². The van der Waals surface area contributed by atoms with Gasteiger partial charge in [-0.15, -0.1) is 0 Å². The van der Waals surface area contributed by atoms with Gasteiger partial charge in [-0.3, -0.25) is 4.79 Å². The molecular weight excluding hydrogens is 310 g/mol. The van der Waals surface area contributed by atoms with Crippen molar-refractivity contribution in [3.8, 4) is 17.6 Å². The number of carbonyl (C=O) groups excluding carboxylic acids is 1. The lowest BCUT2D eigenvalue weighted by Gasteiger charge is -2.10. The number of amides is 1. The monoisotopic (exact) mass is 333 g/mol. The molecule has 1 aromatic rings. The number of rotatable bonds is 10. The number of methoxy groups -OCH3 is 2. The first-order valence-electron chi connectivity index (χ1n) is 7.61. The largest absolute Gasteiger partial charge is 0.493 e. The molecule has 0 radical (unpaired) electrons. The predicted octanol–water partition coefficient (Wildman–Crippen LogP) is 2.07. The number of ether oxygens (including phenoxy) is 3. The summed E-state index contributed by atoms with van der Waals surface area (Å²) in [4.78, 5) is 12.1. The highest BCUT2D eigenvalue weighted by molar-refractivity contribution is 6.06. The molecule has 130 valence electrons. The molecule has 2 N–H and O–H groups in total. The van der Waals surface area contributed by atoms with E-state index in [4.69, 9.17) is 19.5 Å². The average molecular weight is 333 g/mol. The van der Waals surface area contributed by atoms with Gasteiger partial charge in [0.2, 0.25) is 0 Å². The van der Waals surface area contributed by atoms with Gasteiger partial charge in [-0.2, -0.15) is 5.26 Å². The van der Waals surface area contributed by atoms with E-state index in [1.807, 2.05) is 13.0 Å². The molecule has 0 bridgehead atoms. The number of hydrogen-bond donors (Lipinski definition) is 2. The Kier molecular flexibility index (Phi) is 8.79. The molecule has 0 spiro atoms. The van der Waals surface area contributed by atoms with E-state index >= 15 is 0 Å². The zero-order chi connectivity index (χ0) is 17.8. The van der Waals surface area contributed by atoms with Crippen LogP contribution < -0.4 is 20.1 Å². The Hall–Kier alpha value is -2.72. The van der Waals surface area contributed by atoms with Gasteiger partial charge >= 0.3 is 0 Å². The second kappa shape index (κ2) is 10.9. The van der Waals surface area contributed by atoms with Crippen molar-refractivity contribution < 1.29 is 19.0 Å². The molecule has 0 aliphatic rings. The second-order valence-electron chi connectivity index (χ2n) is 4.70. The summed E-state index contributed by atoms with van der Waals surface area (Å²) < 4.78 is 15.5. The molecule has 7 heteroatoms. The Bertz CT molecular complexity index is 608. The number of carbonyl (C=O) groups is 1. The van der Waals surface area contributed by atoms with E-state index in [0.29, 0.717) is 36.9 Å². The molecule has 1 aromatic carbocycles. The minimum atomic E-state index is -0.498. The Labute approximate surface area is 142 Å². The molecule has 7 nitrogen and oxygen atoms in total. The van der Waals surface area contributed by atoms with Crippen molar-refractivity contribution in [3.63, 3.8) is 0 Å². The quantitative estimate of drug-likeness (QED) is 0.387. The summed E-state index contributed by atoms with van der Waals surface area (Å²) in [7, 11) is 3.04. The van der Waals surface area contributed by atoms with E-state index in [-0.39, 0.29) is 5.57 Å². The summed E-state index contributed by atoms with van der Waals surface area (Å²) in [6.07, 6.45) is 2.20. The summed E-state index contributed by atoms with van der Waals surface area (Å²) in [6, 6.07) is 6.85. The summed E-state index contributed by atoms with van der Waals surface area (Å²) in [6.45, 7) is 3.86. The van der Waals surface area contributed by atoms with E-state index in [9.17, 15) is 4.79 Å². The third-order valence-electron chi connectivity index (χ3n) is 3.07. The van der Waals surface area contributed by atoms with Crippen LogP contribution in [0, 0.1) is 11.3 Å². The highest BCUT2D eigenvalue weighted by atomic mass is 16.5. The average Bonchev–Trinajstić information content (AvgIpc) is 2.60. The lowest BCUT2D eigenvalue weighted by atomic mass is 10.2. The molecule has 0 heterocycles. The SMILES string of the molecule is CCOCCCN/C=C(/C#N)C(=O)Nc1ccc(OC)c(OC)c1. The number of anilines is 1. The van der Waals surface area contributed by atoms with Crippen molar-refractivity contribution in [3.05, 3.63) is 30.0 Å². The molecule has 0 saturated heterocycles. The van der Waals surface area contributed by atoms with Crippen LogP contribution in [0.4, 0.5) is 5.69 Å². The molecule has 0 unspecified atom stereocenters. The Morgan fingerprint density at radius 2 is 2.04 bits per heavy atom. The van der Waals surface area contributed by atoms with Crippen LogP contribution in [0.5, 0.6) is 11.5 Å². The molecule has 0 fully saturated rings. The minimum absolute atomic E-state index is 0.0128. The predicted molar refractivity (Wildman–Crippen MR) is 91.0 cm³/mol. The van der Waals surface area contributed by atoms with Crippen LogP contribution in [0.25, 0.3) is 0 Å². The van der Waals surface area contributed by atoms with Crippen molar-refractivity contribution in [1.82, 2.24) is 5.32 Å². The van der Waals surface area contributed by atoms with Gasteiger partial charge in [0.25, 0.3) is 5.91 Å². The molecule has 0 saturated carbocycles. The Balaban J connectivity index is 2.62. The van der Waals surface area contributed by atoms with Gasteiger partial charge < -0.3 is 24.8 Å². The van der Waals surface area contributed by atoms with E-state index < -0.39 is 5.91 Å². The summed E-state index contributed by atoms with van der Waals surface area (Å²) in [5, 5.41) is 14.7. The molecule has 0 aliphatic carbocycles. The highest BCUT2D eigenvalue weighted by Gasteiger charge is 2.11. The van der Waals surface area contributed by atoms with Gasteiger partial charge in [0.1, 0.15) is 11.6 Å². The van der Waals surface area contributed by atoms with Crippen molar-refractivity contribution in [2.24, 2.45) is 0 Å². The van der Waals surface area contributed by atoms with Crippen molar-refractivity contribution >= 4 is 11.6 Å². The summed E-state index contributed by atoms with van der Waals surface area (Å²) in [5.74, 6) is 0.552.